The minimum Gasteiger partial charge on any atom is -0.325 e. The molecule has 4 heteroatoms. The van der Waals surface area contributed by atoms with Crippen LogP contribution in [0.5, 0.6) is 0 Å². The molecule has 4 nitrogen and oxygen atoms in total. The van der Waals surface area contributed by atoms with Gasteiger partial charge in [-0.2, -0.15) is 5.10 Å². The van der Waals surface area contributed by atoms with Crippen molar-refractivity contribution in [3.8, 4) is 11.4 Å². The van der Waals surface area contributed by atoms with Crippen molar-refractivity contribution in [2.45, 2.75) is 6.54 Å². The molecule has 0 amide bonds. The second kappa shape index (κ2) is 3.93. The van der Waals surface area contributed by atoms with Crippen molar-refractivity contribution in [2.75, 3.05) is 0 Å². The molecule has 0 fully saturated rings. The van der Waals surface area contributed by atoms with Crippen LogP contribution < -0.4 is 5.73 Å². The molecule has 0 atom stereocenters. The zero-order chi connectivity index (χ0) is 9.80. The first-order valence-electron chi connectivity index (χ1n) is 4.34. The third-order valence-corrected chi connectivity index (χ3v) is 1.86. The van der Waals surface area contributed by atoms with E-state index >= 15 is 0 Å². The number of nitrogens with zero attached hydrogens (tertiary/aromatic N) is 3. The first-order chi connectivity index (χ1) is 6.90. The fourth-order valence-electron chi connectivity index (χ4n) is 1.12. The molecule has 0 spiro atoms. The molecule has 0 aliphatic carbocycles. The third-order valence-electron chi connectivity index (χ3n) is 1.86. The Balaban J connectivity index is 2.34. The van der Waals surface area contributed by atoms with Crippen LogP contribution in [0.3, 0.4) is 0 Å². The summed E-state index contributed by atoms with van der Waals surface area (Å²) in [5.41, 5.74) is 7.79. The number of hydrogen-bond acceptors (Lipinski definition) is 4. The van der Waals surface area contributed by atoms with E-state index in [1.807, 2.05) is 30.3 Å². The summed E-state index contributed by atoms with van der Waals surface area (Å²) < 4.78 is 0. The molecule has 0 unspecified atom stereocenters. The molecular formula is C10H10N4. The predicted octanol–water partition coefficient (Wildman–Crippen LogP) is 0.997. The van der Waals surface area contributed by atoms with E-state index in [0.717, 1.165) is 17.1 Å². The maximum Gasteiger partial charge on any atom is 0.111 e. The molecule has 0 aliphatic heterocycles. The highest BCUT2D eigenvalue weighted by molar-refractivity contribution is 5.52. The second-order valence-electron chi connectivity index (χ2n) is 2.83. The van der Waals surface area contributed by atoms with E-state index in [-0.39, 0.29) is 0 Å². The summed E-state index contributed by atoms with van der Waals surface area (Å²) in [5.74, 6) is 0. The Hall–Kier alpha value is -1.81. The van der Waals surface area contributed by atoms with E-state index in [0.29, 0.717) is 6.54 Å². The Morgan fingerprint density at radius 3 is 2.50 bits per heavy atom. The number of aromatic nitrogens is 3. The molecule has 0 saturated carbocycles. The number of hydrogen-bond donors (Lipinski definition) is 1. The first kappa shape index (κ1) is 8.77. The van der Waals surface area contributed by atoms with Crippen LogP contribution in [0.1, 0.15) is 5.69 Å². The van der Waals surface area contributed by atoms with Crippen LogP contribution in [0.15, 0.2) is 36.5 Å². The van der Waals surface area contributed by atoms with Gasteiger partial charge in [0.2, 0.25) is 0 Å². The average Bonchev–Trinajstić information content (AvgIpc) is 2.30. The Kier molecular flexibility index (Phi) is 2.46. The van der Waals surface area contributed by atoms with Gasteiger partial charge in [0.05, 0.1) is 11.4 Å². The smallest absolute Gasteiger partial charge is 0.111 e. The molecule has 0 bridgehead atoms. The van der Waals surface area contributed by atoms with Crippen LogP contribution in [-0.2, 0) is 6.54 Å². The summed E-state index contributed by atoms with van der Waals surface area (Å²) in [6, 6.07) is 9.41. The first-order valence-corrected chi connectivity index (χ1v) is 4.34. The van der Waals surface area contributed by atoms with Crippen LogP contribution in [-0.4, -0.2) is 15.2 Å². The van der Waals surface area contributed by atoms with Gasteiger partial charge in [0, 0.05) is 12.7 Å². The van der Waals surface area contributed by atoms with E-state index in [2.05, 4.69) is 15.2 Å². The van der Waals surface area contributed by atoms with Gasteiger partial charge in [0.15, 0.2) is 0 Å². The van der Waals surface area contributed by atoms with Crippen LogP contribution >= 0.6 is 0 Å². The Morgan fingerprint density at radius 1 is 1.00 bits per heavy atom. The standard InChI is InChI=1S/C10H10N4/c11-7-8-4-5-10(14-13-8)9-3-1-2-6-12-9/h1-6H,7,11H2. The molecule has 2 aromatic heterocycles. The van der Waals surface area contributed by atoms with Gasteiger partial charge in [-0.05, 0) is 24.3 Å². The van der Waals surface area contributed by atoms with Crippen LogP contribution in [0.4, 0.5) is 0 Å². The maximum atomic E-state index is 5.42. The highest BCUT2D eigenvalue weighted by Gasteiger charge is 1.99. The lowest BCUT2D eigenvalue weighted by Gasteiger charge is -1.98. The lowest BCUT2D eigenvalue weighted by atomic mass is 10.2. The van der Waals surface area contributed by atoms with Gasteiger partial charge >= 0.3 is 0 Å². The minimum atomic E-state index is 0.412. The van der Waals surface area contributed by atoms with E-state index in [1.54, 1.807) is 6.20 Å². The molecule has 0 aromatic carbocycles. The predicted molar refractivity (Wildman–Crippen MR) is 53.2 cm³/mol. The molecule has 0 radical (unpaired) electrons. The fourth-order valence-corrected chi connectivity index (χ4v) is 1.12. The fraction of sp³-hybridized carbons (Fsp3) is 0.100. The van der Waals surface area contributed by atoms with E-state index < -0.39 is 0 Å². The molecule has 2 rings (SSSR count). The van der Waals surface area contributed by atoms with Gasteiger partial charge in [-0.25, -0.2) is 0 Å². The highest BCUT2D eigenvalue weighted by atomic mass is 15.1. The summed E-state index contributed by atoms with van der Waals surface area (Å²) in [5, 5.41) is 7.99. The Morgan fingerprint density at radius 2 is 1.93 bits per heavy atom. The second-order valence-corrected chi connectivity index (χ2v) is 2.83. The molecular weight excluding hydrogens is 176 g/mol. The highest BCUT2D eigenvalue weighted by Crippen LogP contribution is 2.11. The van der Waals surface area contributed by atoms with Gasteiger partial charge in [-0.15, -0.1) is 5.10 Å². The average molecular weight is 186 g/mol. The molecule has 2 aromatic rings. The SMILES string of the molecule is NCc1ccc(-c2ccccn2)nn1. The minimum absolute atomic E-state index is 0.412. The largest absolute Gasteiger partial charge is 0.325 e. The molecule has 0 saturated heterocycles. The Labute approximate surface area is 81.8 Å². The maximum absolute atomic E-state index is 5.42. The number of nitrogens with two attached hydrogens (primary N) is 1. The van der Waals surface area contributed by atoms with Gasteiger partial charge in [-0.1, -0.05) is 6.07 Å². The molecule has 70 valence electrons. The van der Waals surface area contributed by atoms with Crippen LogP contribution in [0.25, 0.3) is 11.4 Å². The molecule has 2 N–H and O–H groups in total. The zero-order valence-electron chi connectivity index (χ0n) is 7.59. The van der Waals surface area contributed by atoms with Crippen molar-refractivity contribution in [3.63, 3.8) is 0 Å². The third kappa shape index (κ3) is 1.75. The van der Waals surface area contributed by atoms with Gasteiger partial charge in [0.25, 0.3) is 0 Å². The zero-order valence-corrected chi connectivity index (χ0v) is 7.59. The van der Waals surface area contributed by atoms with Crippen LogP contribution in [0.2, 0.25) is 0 Å². The quantitative estimate of drug-likeness (QED) is 0.759. The number of pyridine rings is 1. The molecule has 0 aliphatic rings. The van der Waals surface area contributed by atoms with Crippen molar-refractivity contribution in [1.82, 2.24) is 15.2 Å². The Bertz CT molecular complexity index is 396. The van der Waals surface area contributed by atoms with Crippen molar-refractivity contribution in [1.29, 1.82) is 0 Å². The normalized spacial score (nSPS) is 10.1. The van der Waals surface area contributed by atoms with Gasteiger partial charge < -0.3 is 5.73 Å². The molecule has 2 heterocycles. The van der Waals surface area contributed by atoms with Gasteiger partial charge in [0.1, 0.15) is 5.69 Å². The van der Waals surface area contributed by atoms with Crippen LogP contribution in [0, 0.1) is 0 Å². The van der Waals surface area contributed by atoms with Crippen molar-refractivity contribution >= 4 is 0 Å². The topological polar surface area (TPSA) is 64.7 Å². The van der Waals surface area contributed by atoms with Crippen molar-refractivity contribution in [3.05, 3.63) is 42.2 Å². The summed E-state index contributed by atoms with van der Waals surface area (Å²) in [4.78, 5) is 4.17. The summed E-state index contributed by atoms with van der Waals surface area (Å²) in [6.45, 7) is 0.412. The van der Waals surface area contributed by atoms with Gasteiger partial charge in [-0.3, -0.25) is 4.98 Å². The lowest BCUT2D eigenvalue weighted by Crippen LogP contribution is -2.01. The molecule has 14 heavy (non-hydrogen) atoms. The van der Waals surface area contributed by atoms with Crippen molar-refractivity contribution < 1.29 is 0 Å². The summed E-state index contributed by atoms with van der Waals surface area (Å²) in [7, 11) is 0. The van der Waals surface area contributed by atoms with E-state index in [1.165, 1.54) is 0 Å². The van der Waals surface area contributed by atoms with Crippen molar-refractivity contribution in [2.24, 2.45) is 5.73 Å². The summed E-state index contributed by atoms with van der Waals surface area (Å²) in [6.07, 6.45) is 1.73. The lowest BCUT2D eigenvalue weighted by molar-refractivity contribution is 0.900. The van der Waals surface area contributed by atoms with E-state index in [9.17, 15) is 0 Å². The monoisotopic (exact) mass is 186 g/mol. The van der Waals surface area contributed by atoms with E-state index in [4.69, 9.17) is 5.73 Å². The summed E-state index contributed by atoms with van der Waals surface area (Å²) >= 11 is 0. The number of rotatable bonds is 2.